The van der Waals surface area contributed by atoms with E-state index < -0.39 is 36.7 Å². The van der Waals surface area contributed by atoms with Crippen LogP contribution in [0, 0.1) is 0 Å². The topological polar surface area (TPSA) is 99.2 Å². The molecule has 0 bridgehead atoms. The monoisotopic (exact) mass is 381 g/mol. The number of esters is 1. The molecule has 0 saturated carbocycles. The summed E-state index contributed by atoms with van der Waals surface area (Å²) in [7, 11) is 0. The molecule has 2 heterocycles. The van der Waals surface area contributed by atoms with Crippen molar-refractivity contribution >= 4 is 23.6 Å². The van der Waals surface area contributed by atoms with Gasteiger partial charge >= 0.3 is 5.97 Å². The molecule has 8 nitrogen and oxygen atoms in total. The van der Waals surface area contributed by atoms with Gasteiger partial charge in [-0.1, -0.05) is 12.1 Å². The fourth-order valence-corrected chi connectivity index (χ4v) is 3.00. The van der Waals surface area contributed by atoms with E-state index in [1.54, 1.807) is 24.3 Å². The molecular formula is C20H15NO7. The van der Waals surface area contributed by atoms with Crippen molar-refractivity contribution in [1.29, 1.82) is 0 Å². The summed E-state index contributed by atoms with van der Waals surface area (Å²) >= 11 is 0. The minimum absolute atomic E-state index is 0.243. The molecule has 0 fully saturated rings. The van der Waals surface area contributed by atoms with Crippen molar-refractivity contribution in [2.45, 2.75) is 0 Å². The summed E-state index contributed by atoms with van der Waals surface area (Å²) < 4.78 is 15.8. The molecule has 28 heavy (non-hydrogen) atoms. The first-order valence-electron chi connectivity index (χ1n) is 8.58. The van der Waals surface area contributed by atoms with Crippen LogP contribution in [0.1, 0.15) is 31.1 Å². The van der Waals surface area contributed by atoms with E-state index in [1.807, 2.05) is 0 Å². The van der Waals surface area contributed by atoms with Crippen LogP contribution in [0.5, 0.6) is 11.5 Å². The lowest BCUT2D eigenvalue weighted by Crippen LogP contribution is -2.36. The second-order valence-electron chi connectivity index (χ2n) is 6.18. The van der Waals surface area contributed by atoms with Crippen LogP contribution in [0.15, 0.2) is 42.5 Å². The smallest absolute Gasteiger partial charge is 0.326 e. The lowest BCUT2D eigenvalue weighted by atomic mass is 10.1. The lowest BCUT2D eigenvalue weighted by Gasteiger charge is -2.18. The molecule has 2 aromatic carbocycles. The van der Waals surface area contributed by atoms with E-state index in [2.05, 4.69) is 0 Å². The van der Waals surface area contributed by atoms with Crippen LogP contribution in [0.3, 0.4) is 0 Å². The number of Topliss-reactive ketones (excluding diaryl/α,β-unsaturated/α-hetero) is 1. The molecule has 0 radical (unpaired) electrons. The zero-order valence-corrected chi connectivity index (χ0v) is 14.7. The average molecular weight is 381 g/mol. The van der Waals surface area contributed by atoms with Gasteiger partial charge in [-0.2, -0.15) is 0 Å². The van der Waals surface area contributed by atoms with Crippen molar-refractivity contribution < 1.29 is 33.4 Å². The van der Waals surface area contributed by atoms with Crippen LogP contribution in [0.25, 0.3) is 0 Å². The van der Waals surface area contributed by atoms with Crippen molar-refractivity contribution in [3.63, 3.8) is 0 Å². The third kappa shape index (κ3) is 3.20. The largest absolute Gasteiger partial charge is 0.486 e. The molecule has 0 aromatic heterocycles. The van der Waals surface area contributed by atoms with Crippen LogP contribution in [0.4, 0.5) is 0 Å². The number of carbonyl (C=O) groups is 4. The Bertz CT molecular complexity index is 963. The number of hydrogen-bond donors (Lipinski definition) is 0. The van der Waals surface area contributed by atoms with Gasteiger partial charge in [0.05, 0.1) is 11.1 Å². The highest BCUT2D eigenvalue weighted by Gasteiger charge is 2.36. The van der Waals surface area contributed by atoms with Gasteiger partial charge < -0.3 is 14.2 Å². The first kappa shape index (κ1) is 17.7. The Morgan fingerprint density at radius 2 is 1.57 bits per heavy atom. The van der Waals surface area contributed by atoms with Crippen LogP contribution >= 0.6 is 0 Å². The summed E-state index contributed by atoms with van der Waals surface area (Å²) in [6, 6.07) is 11.0. The number of nitrogens with zero attached hydrogens (tertiary/aromatic N) is 1. The molecule has 2 aliphatic rings. The van der Waals surface area contributed by atoms with E-state index in [1.165, 1.54) is 18.2 Å². The second kappa shape index (κ2) is 7.15. The van der Waals surface area contributed by atoms with Gasteiger partial charge in [-0.3, -0.25) is 24.1 Å². The predicted molar refractivity (Wildman–Crippen MR) is 94.5 cm³/mol. The third-order valence-electron chi connectivity index (χ3n) is 4.39. The van der Waals surface area contributed by atoms with Gasteiger partial charge in [0, 0.05) is 5.56 Å². The van der Waals surface area contributed by atoms with E-state index in [9.17, 15) is 19.2 Å². The molecule has 4 rings (SSSR count). The van der Waals surface area contributed by atoms with Crippen molar-refractivity contribution in [3.8, 4) is 11.5 Å². The number of carbonyl (C=O) groups excluding carboxylic acids is 4. The Morgan fingerprint density at radius 1 is 0.929 bits per heavy atom. The minimum Gasteiger partial charge on any atom is -0.486 e. The maximum Gasteiger partial charge on any atom is 0.326 e. The molecule has 0 aliphatic carbocycles. The van der Waals surface area contributed by atoms with Crippen LogP contribution in [-0.4, -0.2) is 54.8 Å². The zero-order valence-electron chi connectivity index (χ0n) is 14.7. The Balaban J connectivity index is 1.36. The van der Waals surface area contributed by atoms with E-state index in [0.717, 1.165) is 4.90 Å². The van der Waals surface area contributed by atoms with Gasteiger partial charge in [0.1, 0.15) is 19.8 Å². The van der Waals surface area contributed by atoms with E-state index >= 15 is 0 Å². The van der Waals surface area contributed by atoms with Gasteiger partial charge in [-0.05, 0) is 30.3 Å². The maximum atomic E-state index is 12.3. The number of hydrogen-bond acceptors (Lipinski definition) is 7. The Morgan fingerprint density at radius 3 is 2.25 bits per heavy atom. The Labute approximate surface area is 159 Å². The van der Waals surface area contributed by atoms with Gasteiger partial charge in [0.25, 0.3) is 11.8 Å². The third-order valence-corrected chi connectivity index (χ3v) is 4.39. The summed E-state index contributed by atoms with van der Waals surface area (Å²) in [4.78, 5) is 49.6. The standard InChI is InChI=1S/C20H15NO7/c22-15(12-5-6-16-17(9-12)27-8-7-26-16)11-28-18(23)10-21-19(24)13-3-1-2-4-14(13)20(21)25/h1-6,9H,7-8,10-11H2. The summed E-state index contributed by atoms with van der Waals surface area (Å²) in [5, 5.41) is 0. The summed E-state index contributed by atoms with van der Waals surface area (Å²) in [5.74, 6) is -1.40. The summed E-state index contributed by atoms with van der Waals surface area (Å²) in [6.45, 7) is -0.238. The maximum absolute atomic E-state index is 12.3. The van der Waals surface area contributed by atoms with Crippen molar-refractivity contribution in [2.75, 3.05) is 26.4 Å². The van der Waals surface area contributed by atoms with Crippen molar-refractivity contribution in [2.24, 2.45) is 0 Å². The number of ether oxygens (including phenoxy) is 3. The first-order valence-corrected chi connectivity index (χ1v) is 8.58. The molecule has 0 unspecified atom stereocenters. The Kier molecular flexibility index (Phi) is 4.52. The van der Waals surface area contributed by atoms with Crippen LogP contribution in [0.2, 0.25) is 0 Å². The number of ketones is 1. The normalized spacial score (nSPS) is 14.6. The molecule has 142 valence electrons. The molecule has 0 saturated heterocycles. The minimum atomic E-state index is -0.847. The quantitative estimate of drug-likeness (QED) is 0.439. The second-order valence-corrected chi connectivity index (χ2v) is 6.18. The van der Waals surface area contributed by atoms with Crippen LogP contribution < -0.4 is 9.47 Å². The molecule has 2 amide bonds. The highest BCUT2D eigenvalue weighted by molar-refractivity contribution is 6.22. The molecule has 2 aromatic rings. The summed E-state index contributed by atoms with van der Waals surface area (Å²) in [5.41, 5.74) is 0.790. The number of amides is 2. The van der Waals surface area contributed by atoms with Crippen molar-refractivity contribution in [1.82, 2.24) is 4.90 Å². The molecule has 0 N–H and O–H groups in total. The molecule has 0 spiro atoms. The van der Waals surface area contributed by atoms with Crippen LogP contribution in [-0.2, 0) is 9.53 Å². The Hall–Kier alpha value is -3.68. The van der Waals surface area contributed by atoms with Gasteiger partial charge in [-0.15, -0.1) is 0 Å². The highest BCUT2D eigenvalue weighted by atomic mass is 16.6. The van der Waals surface area contributed by atoms with Gasteiger partial charge in [0.2, 0.25) is 0 Å². The van der Waals surface area contributed by atoms with E-state index in [4.69, 9.17) is 14.2 Å². The number of benzene rings is 2. The number of imide groups is 1. The summed E-state index contributed by atoms with van der Waals surface area (Å²) in [6.07, 6.45) is 0. The number of rotatable bonds is 5. The highest BCUT2D eigenvalue weighted by Crippen LogP contribution is 2.30. The molecule has 2 aliphatic heterocycles. The number of fused-ring (bicyclic) bond motifs is 2. The first-order chi connectivity index (χ1) is 13.5. The fourth-order valence-electron chi connectivity index (χ4n) is 3.00. The van der Waals surface area contributed by atoms with Gasteiger partial charge in [0.15, 0.2) is 23.9 Å². The fraction of sp³-hybridized carbons (Fsp3) is 0.200. The SMILES string of the molecule is O=C(CN1C(=O)c2ccccc2C1=O)OCC(=O)c1ccc2c(c1)OCCO2. The zero-order chi connectivity index (χ0) is 19.7. The molecular weight excluding hydrogens is 366 g/mol. The lowest BCUT2D eigenvalue weighted by molar-refractivity contribution is -0.142. The predicted octanol–water partition coefficient (Wildman–Crippen LogP) is 1.48. The van der Waals surface area contributed by atoms with Crippen molar-refractivity contribution in [3.05, 3.63) is 59.2 Å². The van der Waals surface area contributed by atoms with E-state index in [0.29, 0.717) is 30.3 Å². The molecule has 0 atom stereocenters. The average Bonchev–Trinajstić information content (AvgIpc) is 2.97. The van der Waals surface area contributed by atoms with Gasteiger partial charge in [-0.25, -0.2) is 0 Å². The van der Waals surface area contributed by atoms with E-state index in [-0.39, 0.29) is 11.1 Å². The molecule has 8 heteroatoms.